The van der Waals surface area contributed by atoms with Gasteiger partial charge < -0.3 is 5.73 Å². The van der Waals surface area contributed by atoms with Crippen LogP contribution in [0.3, 0.4) is 0 Å². The SMILES string of the molecule is NC(=O)c1c(F)c(F)c(Cl)c(Cl)c1F. The second-order valence-corrected chi connectivity index (χ2v) is 3.07. The Bertz CT molecular complexity index is 393. The predicted octanol–water partition coefficient (Wildman–Crippen LogP) is 2.51. The second kappa shape index (κ2) is 3.67. The number of rotatable bonds is 1. The summed E-state index contributed by atoms with van der Waals surface area (Å²) in [5.41, 5.74) is 3.38. The monoisotopic (exact) mass is 243 g/mol. The first-order valence-corrected chi connectivity index (χ1v) is 3.94. The van der Waals surface area contributed by atoms with E-state index in [0.717, 1.165) is 0 Å². The maximum absolute atomic E-state index is 13.0. The van der Waals surface area contributed by atoms with Crippen LogP contribution in [0.4, 0.5) is 13.2 Å². The third-order valence-corrected chi connectivity index (χ3v) is 2.26. The summed E-state index contributed by atoms with van der Waals surface area (Å²) in [4.78, 5) is 10.5. The second-order valence-electron chi connectivity index (χ2n) is 2.31. The first-order valence-electron chi connectivity index (χ1n) is 3.19. The van der Waals surface area contributed by atoms with Gasteiger partial charge in [0.25, 0.3) is 5.91 Å². The molecule has 0 saturated heterocycles. The molecule has 1 aromatic rings. The number of hydrogen-bond acceptors (Lipinski definition) is 1. The van der Waals surface area contributed by atoms with Crippen LogP contribution in [0, 0.1) is 17.5 Å². The fourth-order valence-corrected chi connectivity index (χ4v) is 1.16. The molecule has 7 heteroatoms. The van der Waals surface area contributed by atoms with Crippen LogP contribution in [-0.2, 0) is 0 Å². The molecule has 0 aliphatic carbocycles. The fraction of sp³-hybridized carbons (Fsp3) is 0. The van der Waals surface area contributed by atoms with Gasteiger partial charge in [-0.15, -0.1) is 0 Å². The Balaban J connectivity index is 3.68. The van der Waals surface area contributed by atoms with Crippen molar-refractivity contribution in [1.82, 2.24) is 0 Å². The third kappa shape index (κ3) is 1.53. The number of halogens is 5. The van der Waals surface area contributed by atoms with Gasteiger partial charge in [0.15, 0.2) is 17.5 Å². The van der Waals surface area contributed by atoms with Crippen LogP contribution in [0.25, 0.3) is 0 Å². The van der Waals surface area contributed by atoms with Crippen molar-refractivity contribution in [3.63, 3.8) is 0 Å². The van der Waals surface area contributed by atoms with Crippen molar-refractivity contribution in [2.45, 2.75) is 0 Å². The van der Waals surface area contributed by atoms with Gasteiger partial charge in [-0.25, -0.2) is 13.2 Å². The fourth-order valence-electron chi connectivity index (χ4n) is 0.821. The van der Waals surface area contributed by atoms with Gasteiger partial charge in [-0.05, 0) is 0 Å². The number of amides is 1. The van der Waals surface area contributed by atoms with Crippen molar-refractivity contribution in [1.29, 1.82) is 0 Å². The molecule has 2 nitrogen and oxygen atoms in total. The minimum atomic E-state index is -1.75. The van der Waals surface area contributed by atoms with Gasteiger partial charge in [0, 0.05) is 0 Å². The minimum Gasteiger partial charge on any atom is -0.365 e. The van der Waals surface area contributed by atoms with E-state index in [1.165, 1.54) is 0 Å². The lowest BCUT2D eigenvalue weighted by molar-refractivity contribution is 0.0991. The molecule has 1 aromatic carbocycles. The molecule has 0 atom stereocenters. The standard InChI is InChI=1S/C7H2Cl2F3NO/c8-2-3(9)6(12)5(11)1(4(2)10)7(13)14/h(H2,13,14). The van der Waals surface area contributed by atoms with Crippen LogP contribution in [-0.4, -0.2) is 5.91 Å². The van der Waals surface area contributed by atoms with Crippen molar-refractivity contribution in [2.75, 3.05) is 0 Å². The molecule has 76 valence electrons. The molecule has 0 fully saturated rings. The van der Waals surface area contributed by atoms with Crippen LogP contribution in [0.15, 0.2) is 0 Å². The van der Waals surface area contributed by atoms with Crippen molar-refractivity contribution >= 4 is 29.1 Å². The molecule has 0 aromatic heterocycles. The van der Waals surface area contributed by atoms with Crippen molar-refractivity contribution in [3.05, 3.63) is 33.1 Å². The normalized spacial score (nSPS) is 10.4. The van der Waals surface area contributed by atoms with Gasteiger partial charge >= 0.3 is 0 Å². The Kier molecular flexibility index (Phi) is 2.92. The van der Waals surface area contributed by atoms with E-state index in [4.69, 9.17) is 23.2 Å². The molecule has 0 heterocycles. The van der Waals surface area contributed by atoms with E-state index in [0.29, 0.717) is 0 Å². The van der Waals surface area contributed by atoms with Crippen molar-refractivity contribution in [3.8, 4) is 0 Å². The van der Waals surface area contributed by atoms with E-state index in [1.54, 1.807) is 0 Å². The Morgan fingerprint density at radius 3 is 1.86 bits per heavy atom. The van der Waals surface area contributed by atoms with E-state index in [9.17, 15) is 18.0 Å². The third-order valence-electron chi connectivity index (χ3n) is 1.46. The highest BCUT2D eigenvalue weighted by Crippen LogP contribution is 2.32. The Morgan fingerprint density at radius 1 is 1.00 bits per heavy atom. The summed E-state index contributed by atoms with van der Waals surface area (Å²) >= 11 is 10.3. The molecule has 0 spiro atoms. The minimum absolute atomic E-state index is 0.876. The largest absolute Gasteiger partial charge is 0.365 e. The van der Waals surface area contributed by atoms with E-state index in [2.05, 4.69) is 5.73 Å². The smallest absolute Gasteiger partial charge is 0.254 e. The number of carbonyl (C=O) groups excluding carboxylic acids is 1. The summed E-state index contributed by atoms with van der Waals surface area (Å²) in [6.07, 6.45) is 0. The topological polar surface area (TPSA) is 43.1 Å². The van der Waals surface area contributed by atoms with Gasteiger partial charge in [-0.1, -0.05) is 23.2 Å². The number of hydrogen-bond donors (Lipinski definition) is 1. The van der Waals surface area contributed by atoms with E-state index < -0.39 is 39.0 Å². The number of benzene rings is 1. The first-order chi connectivity index (χ1) is 6.37. The Hall–Kier alpha value is -0.940. The van der Waals surface area contributed by atoms with Crippen LogP contribution in [0.5, 0.6) is 0 Å². The molecular formula is C7H2Cl2F3NO. The molecule has 2 N–H and O–H groups in total. The van der Waals surface area contributed by atoms with Gasteiger partial charge in [0.05, 0.1) is 5.02 Å². The summed E-state index contributed by atoms with van der Waals surface area (Å²) in [6.45, 7) is 0. The molecular weight excluding hydrogens is 242 g/mol. The summed E-state index contributed by atoms with van der Waals surface area (Å²) in [5.74, 6) is -6.28. The van der Waals surface area contributed by atoms with Crippen LogP contribution in [0.1, 0.15) is 10.4 Å². The lowest BCUT2D eigenvalue weighted by Gasteiger charge is -2.05. The number of nitrogens with two attached hydrogens (primary N) is 1. The molecule has 0 bridgehead atoms. The maximum atomic E-state index is 13.0. The quantitative estimate of drug-likeness (QED) is 0.598. The van der Waals surface area contributed by atoms with E-state index >= 15 is 0 Å². The van der Waals surface area contributed by atoms with Crippen molar-refractivity contribution in [2.24, 2.45) is 5.73 Å². The van der Waals surface area contributed by atoms with Gasteiger partial charge in [-0.3, -0.25) is 4.79 Å². The van der Waals surface area contributed by atoms with Gasteiger partial charge in [-0.2, -0.15) is 0 Å². The maximum Gasteiger partial charge on any atom is 0.254 e. The summed E-state index contributed by atoms with van der Waals surface area (Å²) in [7, 11) is 0. The first kappa shape index (κ1) is 11.1. The zero-order valence-electron chi connectivity index (χ0n) is 6.38. The zero-order chi connectivity index (χ0) is 11.0. The molecule has 0 unspecified atom stereocenters. The van der Waals surface area contributed by atoms with Crippen LogP contribution < -0.4 is 5.73 Å². The molecule has 0 aliphatic rings. The van der Waals surface area contributed by atoms with Gasteiger partial charge in [0.2, 0.25) is 0 Å². The lowest BCUT2D eigenvalue weighted by Crippen LogP contribution is -2.17. The number of primary amides is 1. The van der Waals surface area contributed by atoms with Crippen LogP contribution in [0.2, 0.25) is 10.0 Å². The average Bonchev–Trinajstić information content (AvgIpc) is 2.11. The predicted molar refractivity (Wildman–Crippen MR) is 44.9 cm³/mol. The van der Waals surface area contributed by atoms with Gasteiger partial charge in [0.1, 0.15) is 10.6 Å². The van der Waals surface area contributed by atoms with Crippen molar-refractivity contribution < 1.29 is 18.0 Å². The summed E-state index contributed by atoms with van der Waals surface area (Å²) in [6, 6.07) is 0. The molecule has 0 radical (unpaired) electrons. The molecule has 0 aliphatic heterocycles. The Morgan fingerprint density at radius 2 is 1.43 bits per heavy atom. The molecule has 1 amide bonds. The number of carbonyl (C=O) groups is 1. The van der Waals surface area contributed by atoms with E-state index in [1.807, 2.05) is 0 Å². The molecule has 1 rings (SSSR count). The molecule has 0 saturated carbocycles. The molecule has 14 heavy (non-hydrogen) atoms. The Labute approximate surface area is 86.4 Å². The summed E-state index contributed by atoms with van der Waals surface area (Å²) in [5, 5.41) is -1.80. The van der Waals surface area contributed by atoms with E-state index in [-0.39, 0.29) is 0 Å². The average molecular weight is 244 g/mol. The zero-order valence-corrected chi connectivity index (χ0v) is 7.89. The lowest BCUT2D eigenvalue weighted by atomic mass is 10.2. The van der Waals surface area contributed by atoms with Crippen LogP contribution >= 0.6 is 23.2 Å². The highest BCUT2D eigenvalue weighted by atomic mass is 35.5. The highest BCUT2D eigenvalue weighted by molar-refractivity contribution is 6.42. The highest BCUT2D eigenvalue weighted by Gasteiger charge is 2.25. The summed E-state index contributed by atoms with van der Waals surface area (Å²) < 4.78 is 38.8.